The second kappa shape index (κ2) is 5.78. The molecule has 0 aromatic rings. The van der Waals surface area contributed by atoms with Crippen LogP contribution in [0.1, 0.15) is 20.8 Å². The average molecular weight is 153 g/mol. The lowest BCUT2D eigenvalue weighted by Gasteiger charge is -2.13. The molecule has 0 spiro atoms. The first-order chi connectivity index (χ1) is 2.56. The van der Waals surface area contributed by atoms with E-state index >= 15 is 0 Å². The maximum Gasteiger partial charge on any atom is 0.0660 e. The van der Waals surface area contributed by atoms with Crippen LogP contribution >= 0.6 is 0 Å². The summed E-state index contributed by atoms with van der Waals surface area (Å²) in [6.45, 7) is 6.35. The van der Waals surface area contributed by atoms with Crippen molar-refractivity contribution < 1.29 is 24.8 Å². The third-order valence-corrected chi connectivity index (χ3v) is 0.612. The van der Waals surface area contributed by atoms with E-state index in [-0.39, 0.29) is 24.8 Å². The zero-order valence-electron chi connectivity index (χ0n) is 5.54. The quantitative estimate of drug-likeness (QED) is 0.308. The zero-order valence-corrected chi connectivity index (χ0v) is 7.05. The second-order valence-electron chi connectivity index (χ2n) is 2.76. The summed E-state index contributed by atoms with van der Waals surface area (Å²) >= 11 is 0. The van der Waals surface area contributed by atoms with Crippen LogP contribution in [0.5, 0.6) is 0 Å². The Kier molecular flexibility index (Phi) is 11.4. The van der Waals surface area contributed by atoms with Crippen LogP contribution in [0.15, 0.2) is 0 Å². The van der Waals surface area contributed by atoms with E-state index in [0.717, 1.165) is 6.32 Å². The summed E-state index contributed by atoms with van der Waals surface area (Å²) in [4.78, 5) is 0. The van der Waals surface area contributed by atoms with E-state index < -0.39 is 0 Å². The topological polar surface area (TPSA) is 0 Å². The Labute approximate surface area is 65.7 Å². The molecule has 0 aliphatic heterocycles. The van der Waals surface area contributed by atoms with E-state index in [1.54, 1.807) is 0 Å². The maximum atomic E-state index is 5.31. The minimum atomic E-state index is 0. The van der Waals surface area contributed by atoms with Crippen molar-refractivity contribution in [2.75, 3.05) is 0 Å². The van der Waals surface area contributed by atoms with Crippen molar-refractivity contribution in [1.82, 2.24) is 0 Å². The third-order valence-electron chi connectivity index (χ3n) is 0.612. The van der Waals surface area contributed by atoms with E-state index in [4.69, 9.17) is 7.85 Å². The van der Waals surface area contributed by atoms with E-state index in [9.17, 15) is 0 Å². The highest BCUT2D eigenvalue weighted by atomic mass is 35.5. The fraction of sp³-hybridized carbons (Fsp3) is 1.00. The molecule has 2 radical (unpaired) electrons. The van der Waals surface area contributed by atoms with Crippen LogP contribution < -0.4 is 24.8 Å². The molecule has 0 rings (SSSR count). The van der Waals surface area contributed by atoms with Gasteiger partial charge in [-0.3, -0.25) is 0 Å². The fourth-order valence-electron chi connectivity index (χ4n) is 0. The lowest BCUT2D eigenvalue weighted by Crippen LogP contribution is -3.00. The molecule has 50 valence electrons. The molecule has 0 atom stereocenters. The minimum absolute atomic E-state index is 0. The van der Waals surface area contributed by atoms with Crippen LogP contribution in [-0.2, 0) is 0 Å². The molecular formula is C5H11BCl2-2. The van der Waals surface area contributed by atoms with Gasteiger partial charge in [-0.25, -0.2) is 0 Å². The zero-order chi connectivity index (χ0) is 5.21. The maximum absolute atomic E-state index is 5.31. The van der Waals surface area contributed by atoms with Gasteiger partial charge in [0, 0.05) is 0 Å². The van der Waals surface area contributed by atoms with Crippen molar-refractivity contribution in [2.45, 2.75) is 27.1 Å². The lowest BCUT2D eigenvalue weighted by molar-refractivity contribution is -0.00100. The van der Waals surface area contributed by atoms with Crippen molar-refractivity contribution in [3.8, 4) is 0 Å². The average Bonchev–Trinajstić information content (AvgIpc) is 1.35. The van der Waals surface area contributed by atoms with Gasteiger partial charge in [-0.2, -0.15) is 0 Å². The molecule has 0 saturated carbocycles. The monoisotopic (exact) mass is 152 g/mol. The first-order valence-corrected chi connectivity index (χ1v) is 2.26. The van der Waals surface area contributed by atoms with Gasteiger partial charge in [-0.15, -0.1) is 0 Å². The molecular weight excluding hydrogens is 142 g/mol. The summed E-state index contributed by atoms with van der Waals surface area (Å²) in [5.41, 5.74) is 0.319. The third kappa shape index (κ3) is 15.9. The van der Waals surface area contributed by atoms with Crippen LogP contribution in [-0.4, -0.2) is 7.85 Å². The highest BCUT2D eigenvalue weighted by Gasteiger charge is 2.02. The number of halogens is 2. The summed E-state index contributed by atoms with van der Waals surface area (Å²) in [6.07, 6.45) is 0.771. The molecule has 0 amide bonds. The van der Waals surface area contributed by atoms with E-state index in [0.29, 0.717) is 5.41 Å². The highest BCUT2D eigenvalue weighted by molar-refractivity contribution is 6.08. The Morgan fingerprint density at radius 3 is 1.25 bits per heavy atom. The molecule has 0 fully saturated rings. The van der Waals surface area contributed by atoms with Gasteiger partial charge in [0.15, 0.2) is 0 Å². The van der Waals surface area contributed by atoms with Gasteiger partial charge < -0.3 is 24.8 Å². The van der Waals surface area contributed by atoms with Gasteiger partial charge in [0.1, 0.15) is 0 Å². The Morgan fingerprint density at radius 2 is 1.25 bits per heavy atom. The molecule has 0 aliphatic carbocycles. The van der Waals surface area contributed by atoms with Gasteiger partial charge in [-0.05, 0) is 5.41 Å². The van der Waals surface area contributed by atoms with Crippen molar-refractivity contribution in [1.29, 1.82) is 0 Å². The fourth-order valence-corrected chi connectivity index (χ4v) is 0. The van der Waals surface area contributed by atoms with Gasteiger partial charge >= 0.3 is 0 Å². The van der Waals surface area contributed by atoms with Gasteiger partial charge in [-0.1, -0.05) is 27.1 Å². The molecule has 3 heteroatoms. The lowest BCUT2D eigenvalue weighted by atomic mass is 9.81. The Bertz CT molecular complexity index is 40.2. The molecule has 8 heavy (non-hydrogen) atoms. The number of rotatable bonds is 0. The summed E-state index contributed by atoms with van der Waals surface area (Å²) in [5.74, 6) is 0. The first-order valence-electron chi connectivity index (χ1n) is 2.26. The summed E-state index contributed by atoms with van der Waals surface area (Å²) in [6, 6.07) is 0. The van der Waals surface area contributed by atoms with Gasteiger partial charge in [0.2, 0.25) is 0 Å². The molecule has 0 saturated heterocycles. The number of hydrogen-bond donors (Lipinski definition) is 0. The normalized spacial score (nSPS) is 8.88. The molecule has 0 aromatic carbocycles. The van der Waals surface area contributed by atoms with Crippen molar-refractivity contribution in [2.24, 2.45) is 5.41 Å². The van der Waals surface area contributed by atoms with Crippen LogP contribution in [0, 0.1) is 5.41 Å². The largest absolute Gasteiger partial charge is 1.00 e. The molecule has 0 aromatic heterocycles. The molecule has 0 N–H and O–H groups in total. The molecule has 0 unspecified atom stereocenters. The van der Waals surface area contributed by atoms with Gasteiger partial charge in [0.25, 0.3) is 0 Å². The Balaban J connectivity index is -0.000000125. The van der Waals surface area contributed by atoms with Gasteiger partial charge in [0.05, 0.1) is 7.85 Å². The molecule has 0 nitrogen and oxygen atoms in total. The minimum Gasteiger partial charge on any atom is -1.00 e. The van der Waals surface area contributed by atoms with E-state index in [1.807, 2.05) is 0 Å². The van der Waals surface area contributed by atoms with Crippen LogP contribution in [0.25, 0.3) is 0 Å². The number of hydrogen-bond acceptors (Lipinski definition) is 0. The summed E-state index contributed by atoms with van der Waals surface area (Å²) < 4.78 is 0. The standard InChI is InChI=1S/C5H11B.2ClH/c1-5(2,3)4-6;;/h4H2,1-3H3;2*1H/p-2. The summed E-state index contributed by atoms with van der Waals surface area (Å²) in [7, 11) is 5.31. The highest BCUT2D eigenvalue weighted by Crippen LogP contribution is 2.15. The van der Waals surface area contributed by atoms with E-state index in [1.165, 1.54) is 0 Å². The Hall–Kier alpha value is 0.645. The summed E-state index contributed by atoms with van der Waals surface area (Å²) in [5, 5.41) is 0. The van der Waals surface area contributed by atoms with Crippen molar-refractivity contribution in [3.63, 3.8) is 0 Å². The predicted molar refractivity (Wildman–Crippen MR) is 30.0 cm³/mol. The van der Waals surface area contributed by atoms with Crippen LogP contribution in [0.2, 0.25) is 6.32 Å². The molecule has 0 bridgehead atoms. The van der Waals surface area contributed by atoms with Crippen LogP contribution in [0.4, 0.5) is 0 Å². The Morgan fingerprint density at radius 1 is 1.12 bits per heavy atom. The van der Waals surface area contributed by atoms with Crippen LogP contribution in [0.3, 0.4) is 0 Å². The van der Waals surface area contributed by atoms with Crippen molar-refractivity contribution >= 4 is 7.85 Å². The van der Waals surface area contributed by atoms with Crippen molar-refractivity contribution in [3.05, 3.63) is 0 Å². The van der Waals surface area contributed by atoms with E-state index in [2.05, 4.69) is 20.8 Å². The molecule has 0 heterocycles. The predicted octanol–water partition coefficient (Wildman–Crippen LogP) is -4.37. The SMILES string of the molecule is [B]CC(C)(C)C.[Cl-].[Cl-]. The first kappa shape index (κ1) is 15.9. The smallest absolute Gasteiger partial charge is 0.0660 e. The second-order valence-corrected chi connectivity index (χ2v) is 2.76. The molecule has 0 aliphatic rings.